The van der Waals surface area contributed by atoms with Crippen LogP contribution in [0, 0.1) is 0 Å². The number of aromatic nitrogens is 1. The summed E-state index contributed by atoms with van der Waals surface area (Å²) in [5, 5.41) is 0. The fraction of sp³-hybridized carbons (Fsp3) is 0.226. The molecule has 2 heterocycles. The maximum atomic E-state index is 13.4. The molecule has 0 N–H and O–H groups in total. The van der Waals surface area contributed by atoms with Gasteiger partial charge in [0.25, 0.3) is 5.78 Å². The first-order valence-electron chi connectivity index (χ1n) is 12.7. The predicted molar refractivity (Wildman–Crippen MR) is 145 cm³/mol. The van der Waals surface area contributed by atoms with Gasteiger partial charge in [-0.25, -0.2) is 14.4 Å². The second-order valence-electron chi connectivity index (χ2n) is 8.91. The number of nitrogens with zero attached hydrogens (tertiary/aromatic N) is 1. The van der Waals surface area contributed by atoms with Crippen LogP contribution in [0.25, 0.3) is 5.52 Å². The third kappa shape index (κ3) is 6.55. The Balaban J connectivity index is 1.74. The zero-order valence-corrected chi connectivity index (χ0v) is 22.3. The first-order valence-corrected chi connectivity index (χ1v) is 12.7. The molecular formula is C31H29NO8. The second-order valence-corrected chi connectivity index (χ2v) is 8.91. The van der Waals surface area contributed by atoms with Gasteiger partial charge in [-0.15, -0.1) is 0 Å². The average Bonchev–Trinajstić information content (AvgIpc) is 3.29. The van der Waals surface area contributed by atoms with E-state index in [1.807, 2.05) is 71.3 Å². The van der Waals surface area contributed by atoms with Crippen LogP contribution in [-0.4, -0.2) is 48.9 Å². The number of fused-ring (bicyclic) bond motifs is 1. The van der Waals surface area contributed by atoms with Crippen molar-refractivity contribution in [2.24, 2.45) is 0 Å². The fourth-order valence-corrected chi connectivity index (χ4v) is 4.44. The molecule has 40 heavy (non-hydrogen) atoms. The highest BCUT2D eigenvalue weighted by atomic mass is 16.6. The summed E-state index contributed by atoms with van der Waals surface area (Å²) in [5.74, 6) is -3.45. The van der Waals surface area contributed by atoms with E-state index in [1.165, 1.54) is 0 Å². The van der Waals surface area contributed by atoms with Crippen LogP contribution >= 0.6 is 0 Å². The summed E-state index contributed by atoms with van der Waals surface area (Å²) in [5.41, 5.74) is 4.09. The number of carbonyl (C=O) groups is 4. The summed E-state index contributed by atoms with van der Waals surface area (Å²) in [4.78, 5) is 48.9. The Morgan fingerprint density at radius 2 is 1.43 bits per heavy atom. The quantitative estimate of drug-likeness (QED) is 0.0914. The summed E-state index contributed by atoms with van der Waals surface area (Å²) < 4.78 is 22.0. The van der Waals surface area contributed by atoms with Gasteiger partial charge in [0.2, 0.25) is 0 Å². The van der Waals surface area contributed by atoms with Gasteiger partial charge in [0.15, 0.2) is 0 Å². The highest BCUT2D eigenvalue weighted by molar-refractivity contribution is 6.42. The molecule has 0 atom stereocenters. The zero-order valence-electron chi connectivity index (χ0n) is 22.3. The topological polar surface area (TPSA) is 110 Å². The molecule has 0 aliphatic rings. The van der Waals surface area contributed by atoms with Crippen LogP contribution in [-0.2, 0) is 48.0 Å². The number of hydrogen-bond acceptors (Lipinski definition) is 8. The van der Waals surface area contributed by atoms with E-state index in [4.69, 9.17) is 14.2 Å². The second kappa shape index (κ2) is 13.2. The number of methoxy groups -OCH3 is 2. The maximum absolute atomic E-state index is 13.4. The molecule has 0 saturated carbocycles. The van der Waals surface area contributed by atoms with E-state index in [9.17, 15) is 19.2 Å². The lowest BCUT2D eigenvalue weighted by Crippen LogP contribution is -2.20. The molecule has 2 aromatic carbocycles. The molecule has 4 rings (SSSR count). The van der Waals surface area contributed by atoms with Crippen molar-refractivity contribution in [1.82, 2.24) is 4.40 Å². The molecule has 2 aromatic heterocycles. The van der Waals surface area contributed by atoms with E-state index < -0.39 is 23.7 Å². The van der Waals surface area contributed by atoms with Crippen molar-refractivity contribution in [3.8, 4) is 5.75 Å². The lowest BCUT2D eigenvalue weighted by Gasteiger charge is -2.10. The van der Waals surface area contributed by atoms with Crippen molar-refractivity contribution in [3.05, 3.63) is 107 Å². The molecule has 0 unspecified atom stereocenters. The third-order valence-electron chi connectivity index (χ3n) is 6.34. The third-order valence-corrected chi connectivity index (χ3v) is 6.34. The summed E-state index contributed by atoms with van der Waals surface area (Å²) >= 11 is 0. The molecule has 0 aliphatic heterocycles. The van der Waals surface area contributed by atoms with Crippen LogP contribution in [0.15, 0.2) is 79.0 Å². The SMILES string of the molecule is COC(=O)C(=O)OCCCc1c(C(=O)C(=O)OC)c2cc(OCc3ccccc3)ccn2c1Cc1ccccc1. The van der Waals surface area contributed by atoms with Crippen LogP contribution in [0.4, 0.5) is 0 Å². The number of ether oxygens (including phenoxy) is 4. The van der Waals surface area contributed by atoms with Crippen molar-refractivity contribution < 1.29 is 38.1 Å². The van der Waals surface area contributed by atoms with Crippen molar-refractivity contribution in [3.63, 3.8) is 0 Å². The van der Waals surface area contributed by atoms with Gasteiger partial charge in [-0.2, -0.15) is 0 Å². The highest BCUT2D eigenvalue weighted by Gasteiger charge is 2.28. The molecule has 0 spiro atoms. The molecule has 9 nitrogen and oxygen atoms in total. The monoisotopic (exact) mass is 543 g/mol. The van der Waals surface area contributed by atoms with E-state index in [0.29, 0.717) is 36.3 Å². The van der Waals surface area contributed by atoms with Crippen molar-refractivity contribution in [1.29, 1.82) is 0 Å². The molecule has 0 aliphatic carbocycles. The van der Waals surface area contributed by atoms with Crippen LogP contribution in [0.5, 0.6) is 5.75 Å². The summed E-state index contributed by atoms with van der Waals surface area (Å²) in [6, 6.07) is 22.9. The Morgan fingerprint density at radius 1 is 0.775 bits per heavy atom. The molecule has 0 amide bonds. The number of carbonyl (C=O) groups excluding carboxylic acids is 4. The average molecular weight is 544 g/mol. The minimum atomic E-state index is -1.10. The minimum Gasteiger partial charge on any atom is -0.489 e. The van der Waals surface area contributed by atoms with Crippen LogP contribution in [0.1, 0.15) is 39.2 Å². The minimum absolute atomic E-state index is 0.0812. The molecule has 206 valence electrons. The molecule has 0 saturated heterocycles. The Labute approximate surface area is 231 Å². The fourth-order valence-electron chi connectivity index (χ4n) is 4.44. The van der Waals surface area contributed by atoms with Gasteiger partial charge in [-0.3, -0.25) is 4.79 Å². The van der Waals surface area contributed by atoms with E-state index in [-0.39, 0.29) is 18.6 Å². The van der Waals surface area contributed by atoms with Crippen molar-refractivity contribution in [2.45, 2.75) is 25.9 Å². The number of pyridine rings is 1. The van der Waals surface area contributed by atoms with Crippen LogP contribution in [0.3, 0.4) is 0 Å². The van der Waals surface area contributed by atoms with Gasteiger partial charge in [0.05, 0.1) is 31.9 Å². The largest absolute Gasteiger partial charge is 0.489 e. The first kappa shape index (κ1) is 28.1. The lowest BCUT2D eigenvalue weighted by atomic mass is 9.98. The number of Topliss-reactive ketones (excluding diaryl/α,β-unsaturated/α-hetero) is 1. The molecule has 4 aromatic rings. The van der Waals surface area contributed by atoms with E-state index >= 15 is 0 Å². The van der Waals surface area contributed by atoms with Crippen molar-refractivity contribution in [2.75, 3.05) is 20.8 Å². The lowest BCUT2D eigenvalue weighted by molar-refractivity contribution is -0.165. The van der Waals surface area contributed by atoms with Crippen molar-refractivity contribution >= 4 is 29.2 Å². The van der Waals surface area contributed by atoms with Crippen LogP contribution < -0.4 is 4.74 Å². The zero-order chi connectivity index (χ0) is 28.5. The first-order chi connectivity index (χ1) is 19.4. The Morgan fingerprint density at radius 3 is 2.08 bits per heavy atom. The molecule has 0 radical (unpaired) electrons. The number of rotatable bonds is 11. The Bertz CT molecular complexity index is 1510. The van der Waals surface area contributed by atoms with Gasteiger partial charge in [-0.1, -0.05) is 60.7 Å². The Kier molecular flexibility index (Phi) is 9.30. The molecule has 9 heteroatoms. The van der Waals surface area contributed by atoms with Gasteiger partial charge in [-0.05, 0) is 35.6 Å². The predicted octanol–water partition coefficient (Wildman–Crippen LogP) is 4.11. The highest BCUT2D eigenvalue weighted by Crippen LogP contribution is 2.31. The summed E-state index contributed by atoms with van der Waals surface area (Å²) in [6.45, 7) is 0.246. The van der Waals surface area contributed by atoms with Gasteiger partial charge in [0, 0.05) is 24.4 Å². The molecular weight excluding hydrogens is 514 g/mol. The number of benzene rings is 2. The van der Waals surface area contributed by atoms with Gasteiger partial charge >= 0.3 is 17.9 Å². The van der Waals surface area contributed by atoms with Crippen LogP contribution in [0.2, 0.25) is 0 Å². The van der Waals surface area contributed by atoms with Gasteiger partial charge < -0.3 is 23.3 Å². The summed E-state index contributed by atoms with van der Waals surface area (Å²) in [6.07, 6.45) is 2.86. The van der Waals surface area contributed by atoms with Gasteiger partial charge in [0.1, 0.15) is 12.4 Å². The normalized spacial score (nSPS) is 10.7. The van der Waals surface area contributed by atoms with E-state index in [1.54, 1.807) is 12.1 Å². The Hall–Kier alpha value is -4.92. The number of hydrogen-bond donors (Lipinski definition) is 0. The maximum Gasteiger partial charge on any atom is 0.417 e. The molecule has 0 fully saturated rings. The van der Waals surface area contributed by atoms with E-state index in [2.05, 4.69) is 4.74 Å². The number of ketones is 1. The van der Waals surface area contributed by atoms with E-state index in [0.717, 1.165) is 31.0 Å². The molecule has 0 bridgehead atoms. The summed E-state index contributed by atoms with van der Waals surface area (Å²) in [7, 11) is 2.25. The standard InChI is InChI=1S/C31H29NO8/c1-37-29(34)28(33)27-24(14-9-17-39-31(36)30(35)38-2)25(18-21-10-5-3-6-11-21)32-16-15-23(19-26(27)32)40-20-22-12-7-4-8-13-22/h3-8,10-13,15-16,19H,9,14,17-18,20H2,1-2H3. The number of esters is 3. The smallest absolute Gasteiger partial charge is 0.417 e.